The van der Waals surface area contributed by atoms with Crippen LogP contribution in [-0.4, -0.2) is 9.13 Å². The zero-order chi connectivity index (χ0) is 46.7. The molecule has 0 radical (unpaired) electrons. The lowest BCUT2D eigenvalue weighted by Crippen LogP contribution is -2.05. The molecular weight excluding hydrogens is 850 g/mol. The maximum absolute atomic E-state index is 14.0. The summed E-state index contributed by atoms with van der Waals surface area (Å²) in [6.45, 7) is 15.2. The second kappa shape index (κ2) is 16.1. The van der Waals surface area contributed by atoms with Crippen LogP contribution in [0, 0.1) is 35.8 Å². The normalized spacial score (nSPS) is 11.4. The van der Waals surface area contributed by atoms with Crippen LogP contribution in [0.25, 0.3) is 109 Å². The zero-order valence-electron chi connectivity index (χ0n) is 35.7. The van der Waals surface area contributed by atoms with Gasteiger partial charge in [-0.05, 0) is 112 Å². The molecule has 0 spiro atoms. The molecule has 2 heterocycles. The fourth-order valence-electron chi connectivity index (χ4n) is 9.52. The third kappa shape index (κ3) is 6.79. The standard InChI is InChI=1S/C59H31F3N6/c1-65-44-11-7-9-37(29-44)39-19-25-55-51(31-39)47-13-3-5-15-53(47)67(55)57-27-36(34-63)17-22-49(57)50-23-18-41(46-24-21-43(59(60,61)62)28-42(46)35-64)33-58(50)68-54-16-6-4-14-48(54)52-32-40(20-26-56(52)68)38-10-8-12-45(30-38)66-2/h3-33H. The molecule has 11 aromatic rings. The van der Waals surface area contributed by atoms with Gasteiger partial charge in [-0.15, -0.1) is 0 Å². The van der Waals surface area contributed by atoms with Crippen molar-refractivity contribution in [2.24, 2.45) is 0 Å². The second-order valence-electron chi connectivity index (χ2n) is 16.4. The highest BCUT2D eigenvalue weighted by molar-refractivity contribution is 6.13. The van der Waals surface area contributed by atoms with Crippen molar-refractivity contribution in [1.82, 2.24) is 9.13 Å². The van der Waals surface area contributed by atoms with Crippen LogP contribution in [-0.2, 0) is 6.18 Å². The van der Waals surface area contributed by atoms with Gasteiger partial charge in [0.05, 0.1) is 75.4 Å². The van der Waals surface area contributed by atoms with E-state index in [0.717, 1.165) is 94.8 Å². The van der Waals surface area contributed by atoms with Crippen LogP contribution in [0.5, 0.6) is 0 Å². The van der Waals surface area contributed by atoms with E-state index in [4.69, 9.17) is 13.1 Å². The molecule has 318 valence electrons. The Hall–Kier alpha value is -9.67. The highest BCUT2D eigenvalue weighted by atomic mass is 19.4. The molecule has 0 aliphatic rings. The van der Waals surface area contributed by atoms with Crippen LogP contribution in [0.1, 0.15) is 16.7 Å². The van der Waals surface area contributed by atoms with Crippen molar-refractivity contribution in [1.29, 1.82) is 10.5 Å². The minimum absolute atomic E-state index is 0.114. The predicted octanol–water partition coefficient (Wildman–Crippen LogP) is 16.4. The minimum atomic E-state index is -4.64. The van der Waals surface area contributed by atoms with E-state index in [-0.39, 0.29) is 5.56 Å². The van der Waals surface area contributed by atoms with Gasteiger partial charge in [0.2, 0.25) is 0 Å². The maximum atomic E-state index is 14.0. The quantitative estimate of drug-likeness (QED) is 0.156. The number of benzene rings is 9. The number of fused-ring (bicyclic) bond motifs is 6. The monoisotopic (exact) mass is 880 g/mol. The van der Waals surface area contributed by atoms with E-state index in [1.54, 1.807) is 18.2 Å². The molecule has 0 unspecified atom stereocenters. The van der Waals surface area contributed by atoms with Gasteiger partial charge >= 0.3 is 6.18 Å². The Labute approximate surface area is 388 Å². The van der Waals surface area contributed by atoms with Gasteiger partial charge in [0.1, 0.15) is 0 Å². The van der Waals surface area contributed by atoms with Gasteiger partial charge in [-0.1, -0.05) is 109 Å². The number of nitriles is 2. The molecule has 0 atom stereocenters. The number of aromatic nitrogens is 2. The van der Waals surface area contributed by atoms with Gasteiger partial charge in [0.15, 0.2) is 11.4 Å². The van der Waals surface area contributed by atoms with Gasteiger partial charge < -0.3 is 9.13 Å². The number of nitrogens with zero attached hydrogens (tertiary/aromatic N) is 6. The number of hydrogen-bond acceptors (Lipinski definition) is 2. The summed E-state index contributed by atoms with van der Waals surface area (Å²) in [5.41, 5.74) is 11.5. The molecule has 68 heavy (non-hydrogen) atoms. The number of rotatable bonds is 6. The summed E-state index contributed by atoms with van der Waals surface area (Å²) in [6.07, 6.45) is -4.64. The highest BCUT2D eigenvalue weighted by Crippen LogP contribution is 2.44. The van der Waals surface area contributed by atoms with E-state index in [9.17, 15) is 23.7 Å². The summed E-state index contributed by atoms with van der Waals surface area (Å²) in [5, 5.41) is 24.5. The third-order valence-electron chi connectivity index (χ3n) is 12.6. The lowest BCUT2D eigenvalue weighted by Gasteiger charge is -2.20. The summed E-state index contributed by atoms with van der Waals surface area (Å²) in [5.74, 6) is 0. The van der Waals surface area contributed by atoms with Crippen molar-refractivity contribution < 1.29 is 13.2 Å². The SMILES string of the molecule is [C-]#[N+]c1cccc(-c2ccc3c(c2)c2ccccc2n3-c2cc(C#N)ccc2-c2ccc(-c3ccc(C(F)(F)F)cc3C#N)cc2-n2c3ccccc3c3cc(-c4cccc([N+]#[C-])c4)ccc32)c1. The molecule has 11 rings (SSSR count). The van der Waals surface area contributed by atoms with Gasteiger partial charge in [-0.25, -0.2) is 9.69 Å². The summed E-state index contributed by atoms with van der Waals surface area (Å²) < 4.78 is 46.2. The molecule has 9 aromatic carbocycles. The molecule has 0 bridgehead atoms. The molecule has 0 N–H and O–H groups in total. The van der Waals surface area contributed by atoms with Crippen LogP contribution < -0.4 is 0 Å². The fourth-order valence-corrected chi connectivity index (χ4v) is 9.52. The Balaban J connectivity index is 1.21. The molecule has 2 aromatic heterocycles. The molecular formula is C59H31F3N6. The van der Waals surface area contributed by atoms with E-state index in [1.807, 2.05) is 127 Å². The molecule has 0 amide bonds. The van der Waals surface area contributed by atoms with Crippen LogP contribution in [0.4, 0.5) is 24.5 Å². The van der Waals surface area contributed by atoms with Crippen LogP contribution in [0.3, 0.4) is 0 Å². The summed E-state index contributed by atoms with van der Waals surface area (Å²) in [4.78, 5) is 7.29. The van der Waals surface area contributed by atoms with Crippen molar-refractivity contribution in [2.45, 2.75) is 6.18 Å². The van der Waals surface area contributed by atoms with Gasteiger partial charge in [-0.3, -0.25) is 0 Å². The summed E-state index contributed by atoms with van der Waals surface area (Å²) >= 11 is 0. The second-order valence-corrected chi connectivity index (χ2v) is 16.4. The van der Waals surface area contributed by atoms with Crippen molar-refractivity contribution >= 4 is 55.0 Å². The third-order valence-corrected chi connectivity index (χ3v) is 12.6. The van der Waals surface area contributed by atoms with E-state index in [1.165, 1.54) is 6.07 Å². The first-order chi connectivity index (χ1) is 33.1. The Morgan fingerprint density at radius 1 is 0.412 bits per heavy atom. The van der Waals surface area contributed by atoms with Gasteiger partial charge in [0, 0.05) is 32.7 Å². The van der Waals surface area contributed by atoms with Gasteiger partial charge in [-0.2, -0.15) is 23.7 Å². The van der Waals surface area contributed by atoms with Crippen LogP contribution in [0.15, 0.2) is 188 Å². The van der Waals surface area contributed by atoms with Crippen molar-refractivity contribution in [3.8, 4) is 68.0 Å². The first kappa shape index (κ1) is 41.1. The average Bonchev–Trinajstić information content (AvgIpc) is 3.90. The van der Waals surface area contributed by atoms with E-state index in [0.29, 0.717) is 33.8 Å². The number of para-hydroxylation sites is 2. The number of hydrogen-bond donors (Lipinski definition) is 0. The molecule has 0 saturated carbocycles. The van der Waals surface area contributed by atoms with Crippen LogP contribution >= 0.6 is 0 Å². The average molecular weight is 881 g/mol. The molecule has 9 heteroatoms. The Kier molecular flexibility index (Phi) is 9.72. The molecule has 0 saturated heterocycles. The van der Waals surface area contributed by atoms with Crippen molar-refractivity contribution in [2.75, 3.05) is 0 Å². The van der Waals surface area contributed by atoms with Crippen molar-refractivity contribution in [3.05, 3.63) is 228 Å². The molecule has 0 aliphatic heterocycles. The lowest BCUT2D eigenvalue weighted by molar-refractivity contribution is -0.137. The Morgan fingerprint density at radius 3 is 1.43 bits per heavy atom. The molecule has 0 aliphatic carbocycles. The lowest BCUT2D eigenvalue weighted by atomic mass is 9.93. The van der Waals surface area contributed by atoms with Crippen molar-refractivity contribution in [3.63, 3.8) is 0 Å². The topological polar surface area (TPSA) is 66.2 Å². The van der Waals surface area contributed by atoms with E-state index >= 15 is 0 Å². The zero-order valence-corrected chi connectivity index (χ0v) is 35.7. The minimum Gasteiger partial charge on any atom is -0.309 e. The van der Waals surface area contributed by atoms with E-state index < -0.39 is 11.7 Å². The fraction of sp³-hybridized carbons (Fsp3) is 0.0169. The first-order valence-corrected chi connectivity index (χ1v) is 21.5. The smallest absolute Gasteiger partial charge is 0.309 e. The predicted molar refractivity (Wildman–Crippen MR) is 264 cm³/mol. The highest BCUT2D eigenvalue weighted by Gasteiger charge is 2.31. The summed E-state index contributed by atoms with van der Waals surface area (Å²) in [6, 6.07) is 62.4. The van der Waals surface area contributed by atoms with Crippen LogP contribution in [0.2, 0.25) is 0 Å². The maximum Gasteiger partial charge on any atom is 0.416 e. The molecule has 0 fully saturated rings. The Morgan fingerprint density at radius 2 is 0.897 bits per heavy atom. The number of alkyl halides is 3. The molecule has 6 nitrogen and oxygen atoms in total. The summed E-state index contributed by atoms with van der Waals surface area (Å²) in [7, 11) is 0. The van der Waals surface area contributed by atoms with E-state index in [2.05, 4.69) is 55.2 Å². The Bertz CT molecular complexity index is 4090. The van der Waals surface area contributed by atoms with Gasteiger partial charge in [0.25, 0.3) is 0 Å². The number of halogens is 3. The first-order valence-electron chi connectivity index (χ1n) is 21.5. The largest absolute Gasteiger partial charge is 0.416 e.